The smallest absolute Gasteiger partial charge is 0.416 e. The summed E-state index contributed by atoms with van der Waals surface area (Å²) in [6.45, 7) is 0. The third-order valence-electron chi connectivity index (χ3n) is 6.26. The summed E-state index contributed by atoms with van der Waals surface area (Å²) in [6, 6.07) is 30.0. The topological polar surface area (TPSA) is 66.4 Å². The van der Waals surface area contributed by atoms with Crippen molar-refractivity contribution in [2.75, 3.05) is 0 Å². The molecule has 1 atom stereocenters. The number of carbonyl (C=O) groups excluding carboxylic acids is 1. The van der Waals surface area contributed by atoms with Gasteiger partial charge in [-0.2, -0.15) is 13.2 Å². The Balaban J connectivity index is 1.80. The number of benzene rings is 4. The fourth-order valence-corrected chi connectivity index (χ4v) is 4.53. The predicted octanol–water partition coefficient (Wildman–Crippen LogP) is 5.85. The highest BCUT2D eigenvalue weighted by Gasteiger charge is 2.45. The van der Waals surface area contributed by atoms with Crippen molar-refractivity contribution >= 4 is 11.9 Å². The summed E-state index contributed by atoms with van der Waals surface area (Å²) in [7, 11) is 0. The number of hydrogen-bond acceptors (Lipinski definition) is 2. The minimum absolute atomic E-state index is 0.146. The van der Waals surface area contributed by atoms with Crippen molar-refractivity contribution in [3.05, 3.63) is 143 Å². The van der Waals surface area contributed by atoms with E-state index >= 15 is 0 Å². The van der Waals surface area contributed by atoms with Crippen LogP contribution in [-0.2, 0) is 27.6 Å². The lowest BCUT2D eigenvalue weighted by atomic mass is 9.68. The number of amides is 1. The molecular formula is C30H24F3NO3. The van der Waals surface area contributed by atoms with Gasteiger partial charge in [0.2, 0.25) is 5.91 Å². The highest BCUT2D eigenvalue weighted by molar-refractivity contribution is 5.98. The van der Waals surface area contributed by atoms with E-state index in [2.05, 4.69) is 5.32 Å². The van der Waals surface area contributed by atoms with E-state index in [1.165, 1.54) is 12.1 Å². The van der Waals surface area contributed by atoms with Gasteiger partial charge in [0.25, 0.3) is 0 Å². The lowest BCUT2D eigenvalue weighted by molar-refractivity contribution is -0.142. The van der Waals surface area contributed by atoms with Gasteiger partial charge in [0.1, 0.15) is 11.5 Å². The van der Waals surface area contributed by atoms with Gasteiger partial charge >= 0.3 is 12.1 Å². The molecule has 0 aliphatic heterocycles. The first-order chi connectivity index (χ1) is 17.7. The molecule has 4 nitrogen and oxygen atoms in total. The number of alkyl halides is 3. The van der Waals surface area contributed by atoms with Gasteiger partial charge in [0, 0.05) is 6.42 Å². The first-order valence-electron chi connectivity index (χ1n) is 11.6. The molecule has 0 fully saturated rings. The molecule has 4 aromatic rings. The molecule has 0 spiro atoms. The van der Waals surface area contributed by atoms with Crippen molar-refractivity contribution in [1.82, 2.24) is 5.32 Å². The summed E-state index contributed by atoms with van der Waals surface area (Å²) in [5, 5.41) is 12.6. The number of carboxylic acids is 1. The molecule has 7 heteroatoms. The number of carboxylic acid groups (broad SMARTS) is 1. The van der Waals surface area contributed by atoms with Gasteiger partial charge in [-0.05, 0) is 28.3 Å². The highest BCUT2D eigenvalue weighted by atomic mass is 19.4. The van der Waals surface area contributed by atoms with Crippen molar-refractivity contribution in [1.29, 1.82) is 0 Å². The second-order valence-corrected chi connectivity index (χ2v) is 8.61. The zero-order valence-corrected chi connectivity index (χ0v) is 19.7. The molecule has 0 radical (unpaired) electrons. The largest absolute Gasteiger partial charge is 0.480 e. The minimum Gasteiger partial charge on any atom is -0.480 e. The van der Waals surface area contributed by atoms with Gasteiger partial charge in [-0.15, -0.1) is 0 Å². The lowest BCUT2D eigenvalue weighted by Crippen LogP contribution is -2.52. The molecule has 0 aliphatic carbocycles. The molecule has 188 valence electrons. The average Bonchev–Trinajstić information content (AvgIpc) is 2.90. The second kappa shape index (κ2) is 10.7. The number of nitrogens with one attached hydrogen (secondary N) is 1. The standard InChI is InChI=1S/C30H24F3NO3/c31-30(32,33)25-18-10-11-21(19-25)20-26(27(35)36)34-28(37)29(22-12-4-1-5-13-22,23-14-6-2-7-15-23)24-16-8-3-9-17-24/h1-19,26H,20H2,(H,34,37)(H,35,36)/t26-/m0/s1. The number of rotatable bonds is 8. The van der Waals surface area contributed by atoms with Crippen LogP contribution < -0.4 is 5.32 Å². The molecule has 0 saturated carbocycles. The van der Waals surface area contributed by atoms with Gasteiger partial charge in [0.05, 0.1) is 5.56 Å². The summed E-state index contributed by atoms with van der Waals surface area (Å²) in [5.74, 6) is -1.95. The quantitative estimate of drug-likeness (QED) is 0.297. The van der Waals surface area contributed by atoms with E-state index in [0.717, 1.165) is 12.1 Å². The predicted molar refractivity (Wildman–Crippen MR) is 134 cm³/mol. The Morgan fingerprint density at radius 3 is 1.51 bits per heavy atom. The Morgan fingerprint density at radius 2 is 1.11 bits per heavy atom. The summed E-state index contributed by atoms with van der Waals surface area (Å²) < 4.78 is 39.6. The van der Waals surface area contributed by atoms with Gasteiger partial charge in [-0.1, -0.05) is 109 Å². The van der Waals surface area contributed by atoms with Gasteiger partial charge in [-0.3, -0.25) is 4.79 Å². The maximum atomic E-state index is 14.2. The molecule has 4 aromatic carbocycles. The van der Waals surface area contributed by atoms with E-state index in [1.54, 1.807) is 72.8 Å². The number of carbonyl (C=O) groups is 2. The Kier molecular flexibility index (Phi) is 7.43. The van der Waals surface area contributed by atoms with Crippen molar-refractivity contribution in [2.24, 2.45) is 0 Å². The van der Waals surface area contributed by atoms with Crippen molar-refractivity contribution < 1.29 is 27.9 Å². The van der Waals surface area contributed by atoms with Crippen molar-refractivity contribution in [3.63, 3.8) is 0 Å². The molecule has 0 unspecified atom stereocenters. The summed E-state index contributed by atoms with van der Waals surface area (Å²) in [6.07, 6.45) is -4.89. The Bertz CT molecular complexity index is 1260. The Morgan fingerprint density at radius 1 is 0.676 bits per heavy atom. The molecule has 1 amide bonds. The first kappa shape index (κ1) is 25.7. The maximum absolute atomic E-state index is 14.2. The van der Waals surface area contributed by atoms with Crippen LogP contribution in [0.15, 0.2) is 115 Å². The van der Waals surface area contributed by atoms with Crippen LogP contribution in [-0.4, -0.2) is 23.0 Å². The number of hydrogen-bond donors (Lipinski definition) is 2. The fraction of sp³-hybridized carbons (Fsp3) is 0.133. The van der Waals surface area contributed by atoms with E-state index in [9.17, 15) is 27.9 Å². The first-order valence-corrected chi connectivity index (χ1v) is 11.6. The molecule has 2 N–H and O–H groups in total. The third-order valence-corrected chi connectivity index (χ3v) is 6.26. The normalized spacial score (nSPS) is 12.5. The van der Waals surface area contributed by atoms with Crippen LogP contribution >= 0.6 is 0 Å². The molecule has 0 aromatic heterocycles. The Labute approximate surface area is 212 Å². The monoisotopic (exact) mass is 503 g/mol. The van der Waals surface area contributed by atoms with Gasteiger partial charge < -0.3 is 10.4 Å². The van der Waals surface area contributed by atoms with E-state index in [0.29, 0.717) is 16.7 Å². The number of aliphatic carboxylic acids is 1. The van der Waals surface area contributed by atoms with Crippen molar-refractivity contribution in [3.8, 4) is 0 Å². The number of halogens is 3. The zero-order chi connectivity index (χ0) is 26.5. The summed E-state index contributed by atoms with van der Waals surface area (Å²) >= 11 is 0. The SMILES string of the molecule is O=C(O)[C@H](Cc1cccc(C(F)(F)F)c1)NC(=O)C(c1ccccc1)(c1ccccc1)c1ccccc1. The molecule has 37 heavy (non-hydrogen) atoms. The fourth-order valence-electron chi connectivity index (χ4n) is 4.53. The van der Waals surface area contributed by atoms with Gasteiger partial charge in [0.15, 0.2) is 0 Å². The van der Waals surface area contributed by atoms with Crippen LogP contribution in [0.2, 0.25) is 0 Å². The summed E-state index contributed by atoms with van der Waals surface area (Å²) in [5.41, 5.74) is -0.292. The molecule has 0 heterocycles. The van der Waals surface area contributed by atoms with Crippen LogP contribution in [0.3, 0.4) is 0 Å². The second-order valence-electron chi connectivity index (χ2n) is 8.61. The molecule has 4 rings (SSSR count). The van der Waals surface area contributed by atoms with E-state index < -0.39 is 35.1 Å². The van der Waals surface area contributed by atoms with Crippen LogP contribution in [0, 0.1) is 0 Å². The zero-order valence-electron chi connectivity index (χ0n) is 19.7. The van der Waals surface area contributed by atoms with Crippen LogP contribution in [0.25, 0.3) is 0 Å². The molecule has 0 bridgehead atoms. The molecule has 0 aliphatic rings. The van der Waals surface area contributed by atoms with E-state index in [-0.39, 0.29) is 12.0 Å². The van der Waals surface area contributed by atoms with E-state index in [1.807, 2.05) is 18.2 Å². The lowest BCUT2D eigenvalue weighted by Gasteiger charge is -2.35. The van der Waals surface area contributed by atoms with Crippen LogP contribution in [0.1, 0.15) is 27.8 Å². The molecule has 0 saturated heterocycles. The highest BCUT2D eigenvalue weighted by Crippen LogP contribution is 2.39. The van der Waals surface area contributed by atoms with E-state index in [4.69, 9.17) is 0 Å². The van der Waals surface area contributed by atoms with Gasteiger partial charge in [-0.25, -0.2) is 4.79 Å². The maximum Gasteiger partial charge on any atom is 0.416 e. The summed E-state index contributed by atoms with van der Waals surface area (Å²) in [4.78, 5) is 26.5. The average molecular weight is 504 g/mol. The Hall–Kier alpha value is -4.39. The minimum atomic E-state index is -4.57. The van der Waals surface area contributed by atoms with Crippen LogP contribution in [0.5, 0.6) is 0 Å². The van der Waals surface area contributed by atoms with Crippen LogP contribution in [0.4, 0.5) is 13.2 Å². The third kappa shape index (κ3) is 5.40. The molecular weight excluding hydrogens is 479 g/mol. The van der Waals surface area contributed by atoms with Crippen molar-refractivity contribution in [2.45, 2.75) is 24.1 Å².